The van der Waals surface area contributed by atoms with Gasteiger partial charge in [-0.15, -0.1) is 0 Å². The van der Waals surface area contributed by atoms with Crippen LogP contribution in [-0.4, -0.2) is 39.7 Å². The van der Waals surface area contributed by atoms with Gasteiger partial charge in [-0.25, -0.2) is 13.5 Å². The number of halogens is 2. The van der Waals surface area contributed by atoms with Gasteiger partial charge in [0.2, 0.25) is 0 Å². The molecular formula is C25H23F2N5O3. The number of amides is 1. The number of anilines is 1. The zero-order valence-corrected chi connectivity index (χ0v) is 19.1. The molecule has 180 valence electrons. The van der Waals surface area contributed by atoms with Crippen molar-refractivity contribution in [3.8, 4) is 11.8 Å². The third kappa shape index (κ3) is 4.17. The molecule has 1 N–H and O–H groups in total. The van der Waals surface area contributed by atoms with Gasteiger partial charge in [-0.2, -0.15) is 10.4 Å². The van der Waals surface area contributed by atoms with Gasteiger partial charge in [0.1, 0.15) is 11.5 Å². The number of hydrogen-bond donors (Lipinski definition) is 1. The van der Waals surface area contributed by atoms with Crippen LogP contribution in [0.5, 0.6) is 0 Å². The summed E-state index contributed by atoms with van der Waals surface area (Å²) in [5.74, 6) is -2.51. The van der Waals surface area contributed by atoms with Crippen LogP contribution in [0.25, 0.3) is 5.69 Å². The Hall–Kier alpha value is -3.68. The average molecular weight is 479 g/mol. The maximum absolute atomic E-state index is 14.2. The third-order valence-electron chi connectivity index (χ3n) is 6.80. The molecule has 0 unspecified atom stereocenters. The van der Waals surface area contributed by atoms with E-state index in [0.29, 0.717) is 56.0 Å². The van der Waals surface area contributed by atoms with Crippen molar-refractivity contribution in [3.63, 3.8) is 0 Å². The predicted molar refractivity (Wildman–Crippen MR) is 121 cm³/mol. The number of nitrogens with zero attached hydrogens (tertiary/aromatic N) is 4. The number of benzene rings is 1. The van der Waals surface area contributed by atoms with Crippen LogP contribution in [0.1, 0.15) is 47.4 Å². The lowest BCUT2D eigenvalue weighted by molar-refractivity contribution is -0.182. The number of aromatic nitrogens is 3. The summed E-state index contributed by atoms with van der Waals surface area (Å²) in [4.78, 5) is 17.3. The highest BCUT2D eigenvalue weighted by Crippen LogP contribution is 2.45. The SMILES string of the molecule is Cc1c(C(=O)Nc2ccc(C3(C#N)CCC4(CC3)OCCO4)nc2)cnn1-c1ccc(F)cc1F. The highest BCUT2D eigenvalue weighted by atomic mass is 19.1. The van der Waals surface area contributed by atoms with Crippen molar-refractivity contribution in [2.75, 3.05) is 18.5 Å². The Morgan fingerprint density at radius 3 is 2.49 bits per heavy atom. The molecule has 3 heterocycles. The van der Waals surface area contributed by atoms with Crippen LogP contribution in [0.2, 0.25) is 0 Å². The number of carbonyl (C=O) groups is 1. The Bertz CT molecular complexity index is 1300. The molecule has 1 aromatic carbocycles. The molecule has 35 heavy (non-hydrogen) atoms. The minimum atomic E-state index is -0.783. The van der Waals surface area contributed by atoms with Crippen molar-refractivity contribution in [2.45, 2.75) is 43.8 Å². The Balaban J connectivity index is 1.30. The molecule has 1 amide bonds. The lowest BCUT2D eigenvalue weighted by Gasteiger charge is -2.39. The number of nitriles is 1. The van der Waals surface area contributed by atoms with Crippen molar-refractivity contribution >= 4 is 11.6 Å². The van der Waals surface area contributed by atoms with Gasteiger partial charge < -0.3 is 14.8 Å². The minimum absolute atomic E-state index is 0.0402. The van der Waals surface area contributed by atoms with Crippen LogP contribution in [-0.2, 0) is 14.9 Å². The van der Waals surface area contributed by atoms with E-state index in [9.17, 15) is 18.8 Å². The van der Waals surface area contributed by atoms with Gasteiger partial charge in [0.05, 0.1) is 59.7 Å². The topological polar surface area (TPSA) is 102 Å². The zero-order chi connectivity index (χ0) is 24.6. The predicted octanol–water partition coefficient (Wildman–Crippen LogP) is 4.18. The van der Waals surface area contributed by atoms with Gasteiger partial charge >= 0.3 is 0 Å². The van der Waals surface area contributed by atoms with E-state index >= 15 is 0 Å². The van der Waals surface area contributed by atoms with Gasteiger partial charge in [-0.3, -0.25) is 9.78 Å². The first kappa shape index (κ1) is 23.1. The molecular weight excluding hydrogens is 456 g/mol. The summed E-state index contributed by atoms with van der Waals surface area (Å²) in [6.07, 6.45) is 5.22. The highest BCUT2D eigenvalue weighted by Gasteiger charge is 2.48. The Morgan fingerprint density at radius 2 is 1.86 bits per heavy atom. The third-order valence-corrected chi connectivity index (χ3v) is 6.80. The molecule has 1 saturated heterocycles. The van der Waals surface area contributed by atoms with Crippen LogP contribution < -0.4 is 5.32 Å². The van der Waals surface area contributed by atoms with E-state index in [2.05, 4.69) is 21.5 Å². The fraction of sp³-hybridized carbons (Fsp3) is 0.360. The first-order chi connectivity index (χ1) is 16.8. The summed E-state index contributed by atoms with van der Waals surface area (Å²) in [5, 5.41) is 16.8. The maximum atomic E-state index is 14.2. The van der Waals surface area contributed by atoms with E-state index in [4.69, 9.17) is 9.47 Å². The molecule has 1 aliphatic carbocycles. The molecule has 5 rings (SSSR count). The molecule has 2 aromatic heterocycles. The molecule has 1 aliphatic heterocycles. The quantitative estimate of drug-likeness (QED) is 0.602. The van der Waals surface area contributed by atoms with Crippen LogP contribution in [0.15, 0.2) is 42.7 Å². The number of carbonyl (C=O) groups excluding carboxylic acids is 1. The molecule has 1 saturated carbocycles. The molecule has 3 aromatic rings. The van der Waals surface area contributed by atoms with E-state index in [1.54, 1.807) is 19.1 Å². The largest absolute Gasteiger partial charge is 0.348 e. The zero-order valence-electron chi connectivity index (χ0n) is 19.1. The molecule has 0 bridgehead atoms. The first-order valence-corrected chi connectivity index (χ1v) is 11.3. The van der Waals surface area contributed by atoms with Crippen LogP contribution in [0.4, 0.5) is 14.5 Å². The second kappa shape index (κ2) is 8.83. The number of nitrogens with one attached hydrogen (secondary N) is 1. The van der Waals surface area contributed by atoms with Gasteiger partial charge in [0.15, 0.2) is 11.6 Å². The maximum Gasteiger partial charge on any atom is 0.259 e. The van der Waals surface area contributed by atoms with Crippen molar-refractivity contribution in [2.24, 2.45) is 0 Å². The summed E-state index contributed by atoms with van der Waals surface area (Å²) in [6.45, 7) is 2.77. The van der Waals surface area contributed by atoms with E-state index in [-0.39, 0.29) is 11.3 Å². The lowest BCUT2D eigenvalue weighted by Crippen LogP contribution is -2.41. The average Bonchev–Trinajstić information content (AvgIpc) is 3.47. The van der Waals surface area contributed by atoms with Crippen molar-refractivity contribution in [1.82, 2.24) is 14.8 Å². The lowest BCUT2D eigenvalue weighted by atomic mass is 9.70. The summed E-state index contributed by atoms with van der Waals surface area (Å²) in [7, 11) is 0. The molecule has 0 radical (unpaired) electrons. The van der Waals surface area contributed by atoms with E-state index < -0.39 is 28.7 Å². The van der Waals surface area contributed by atoms with Crippen molar-refractivity contribution < 1.29 is 23.0 Å². The fourth-order valence-electron chi connectivity index (χ4n) is 4.75. The Kier molecular flexibility index (Phi) is 5.83. The Labute approximate surface area is 200 Å². The monoisotopic (exact) mass is 479 g/mol. The van der Waals surface area contributed by atoms with Crippen molar-refractivity contribution in [1.29, 1.82) is 5.26 Å². The number of hydrogen-bond acceptors (Lipinski definition) is 6. The minimum Gasteiger partial charge on any atom is -0.348 e. The molecule has 1 spiro atoms. The van der Waals surface area contributed by atoms with E-state index in [1.165, 1.54) is 23.1 Å². The summed E-state index contributed by atoms with van der Waals surface area (Å²) in [6, 6.07) is 9.03. The smallest absolute Gasteiger partial charge is 0.259 e. The summed E-state index contributed by atoms with van der Waals surface area (Å²) in [5.41, 5.74) is 1.02. The second-order valence-electron chi connectivity index (χ2n) is 8.84. The second-order valence-corrected chi connectivity index (χ2v) is 8.84. The molecule has 0 atom stereocenters. The van der Waals surface area contributed by atoms with E-state index in [1.807, 2.05) is 0 Å². The molecule has 10 heteroatoms. The normalized spacial score (nSPS) is 18.3. The van der Waals surface area contributed by atoms with Gasteiger partial charge in [0, 0.05) is 18.9 Å². The van der Waals surface area contributed by atoms with Crippen LogP contribution in [0, 0.1) is 29.9 Å². The fourth-order valence-corrected chi connectivity index (χ4v) is 4.75. The van der Waals surface area contributed by atoms with Crippen LogP contribution in [0.3, 0.4) is 0 Å². The summed E-state index contributed by atoms with van der Waals surface area (Å²) < 4.78 is 40.2. The van der Waals surface area contributed by atoms with E-state index in [0.717, 1.165) is 12.1 Å². The van der Waals surface area contributed by atoms with Crippen molar-refractivity contribution in [3.05, 3.63) is 71.3 Å². The Morgan fingerprint density at radius 1 is 1.11 bits per heavy atom. The molecule has 2 fully saturated rings. The number of rotatable bonds is 4. The number of pyridine rings is 1. The van der Waals surface area contributed by atoms with Gasteiger partial charge in [0.25, 0.3) is 5.91 Å². The standard InChI is InChI=1S/C25H23F2N5O3/c1-16-19(14-30-32(16)21-4-2-17(26)12-20(21)27)23(33)31-18-3-5-22(29-13-18)24(15-28)6-8-25(9-7-24)34-10-11-35-25/h2-5,12-14H,6-11H2,1H3,(H,31,33). The number of ether oxygens (including phenoxy) is 2. The summed E-state index contributed by atoms with van der Waals surface area (Å²) >= 11 is 0. The van der Waals surface area contributed by atoms with Gasteiger partial charge in [-0.05, 0) is 44.0 Å². The van der Waals surface area contributed by atoms with Gasteiger partial charge in [-0.1, -0.05) is 0 Å². The highest BCUT2D eigenvalue weighted by molar-refractivity contribution is 6.04. The molecule has 2 aliphatic rings. The van der Waals surface area contributed by atoms with Crippen LogP contribution >= 0.6 is 0 Å². The molecule has 8 nitrogen and oxygen atoms in total. The first-order valence-electron chi connectivity index (χ1n) is 11.3.